The van der Waals surface area contributed by atoms with Gasteiger partial charge in [0.2, 0.25) is 0 Å². The third-order valence-corrected chi connectivity index (χ3v) is 3.35. The van der Waals surface area contributed by atoms with E-state index in [1.165, 1.54) is 0 Å². The minimum absolute atomic E-state index is 0.0735. The highest BCUT2D eigenvalue weighted by atomic mass is 79.9. The van der Waals surface area contributed by atoms with E-state index in [-0.39, 0.29) is 17.8 Å². The molecule has 2 rings (SSSR count). The zero-order valence-corrected chi connectivity index (χ0v) is 11.8. The maximum atomic E-state index is 13.5. The van der Waals surface area contributed by atoms with Crippen molar-refractivity contribution in [1.82, 2.24) is 0 Å². The molecule has 98 valence electrons. The van der Waals surface area contributed by atoms with Crippen LogP contribution in [0, 0.1) is 18.6 Å². The summed E-state index contributed by atoms with van der Waals surface area (Å²) in [6.07, 6.45) is -0.152. The molecule has 2 aromatic carbocycles. The lowest BCUT2D eigenvalue weighted by molar-refractivity contribution is 0.0991. The van der Waals surface area contributed by atoms with E-state index < -0.39 is 11.6 Å². The third kappa shape index (κ3) is 3.26. The normalized spacial score (nSPS) is 10.5. The highest BCUT2D eigenvalue weighted by Crippen LogP contribution is 2.19. The zero-order chi connectivity index (χ0) is 14.0. The van der Waals surface area contributed by atoms with Gasteiger partial charge in [-0.25, -0.2) is 8.78 Å². The summed E-state index contributed by atoms with van der Waals surface area (Å²) in [5, 5.41) is 0. The molecule has 0 fully saturated rings. The first kappa shape index (κ1) is 13.9. The first-order valence-electron chi connectivity index (χ1n) is 5.70. The van der Waals surface area contributed by atoms with Gasteiger partial charge in [0.15, 0.2) is 5.78 Å². The maximum absolute atomic E-state index is 13.5. The second kappa shape index (κ2) is 5.61. The van der Waals surface area contributed by atoms with E-state index in [0.717, 1.165) is 28.2 Å². The molecule has 0 N–H and O–H groups in total. The fourth-order valence-electron chi connectivity index (χ4n) is 1.84. The summed E-state index contributed by atoms with van der Waals surface area (Å²) >= 11 is 3.29. The van der Waals surface area contributed by atoms with Gasteiger partial charge in [-0.2, -0.15) is 0 Å². The van der Waals surface area contributed by atoms with E-state index in [2.05, 4.69) is 15.9 Å². The van der Waals surface area contributed by atoms with Gasteiger partial charge in [-0.15, -0.1) is 0 Å². The molecule has 19 heavy (non-hydrogen) atoms. The average Bonchev–Trinajstić information content (AvgIpc) is 2.36. The van der Waals surface area contributed by atoms with Crippen LogP contribution in [0.25, 0.3) is 0 Å². The number of carbonyl (C=O) groups is 1. The number of rotatable bonds is 3. The molecule has 0 aliphatic carbocycles. The van der Waals surface area contributed by atoms with E-state index in [1.807, 2.05) is 13.0 Å². The molecule has 4 heteroatoms. The molecule has 0 heterocycles. The molecule has 0 aromatic heterocycles. The van der Waals surface area contributed by atoms with Crippen LogP contribution in [0.15, 0.2) is 40.9 Å². The van der Waals surface area contributed by atoms with Crippen molar-refractivity contribution >= 4 is 21.7 Å². The second-order valence-electron chi connectivity index (χ2n) is 4.29. The van der Waals surface area contributed by atoms with Crippen molar-refractivity contribution in [2.75, 3.05) is 0 Å². The van der Waals surface area contributed by atoms with Crippen molar-refractivity contribution in [3.05, 3.63) is 69.2 Å². The predicted octanol–water partition coefficient (Wildman–Crippen LogP) is 4.46. The number of halogens is 3. The number of benzene rings is 2. The number of ketones is 1. The number of carbonyl (C=O) groups excluding carboxylic acids is 1. The van der Waals surface area contributed by atoms with Crippen molar-refractivity contribution in [1.29, 1.82) is 0 Å². The lowest BCUT2D eigenvalue weighted by atomic mass is 9.99. The molecule has 0 unspecified atom stereocenters. The first-order chi connectivity index (χ1) is 8.97. The largest absolute Gasteiger partial charge is 0.294 e. The van der Waals surface area contributed by atoms with Gasteiger partial charge in [-0.1, -0.05) is 22.0 Å². The Kier molecular flexibility index (Phi) is 4.10. The maximum Gasteiger partial charge on any atom is 0.167 e. The molecular formula is C15H11BrF2O. The van der Waals surface area contributed by atoms with E-state index >= 15 is 0 Å². The summed E-state index contributed by atoms with van der Waals surface area (Å²) in [7, 11) is 0. The molecule has 0 amide bonds. The Bertz CT molecular complexity index is 638. The molecule has 0 saturated heterocycles. The van der Waals surface area contributed by atoms with Gasteiger partial charge in [0.25, 0.3) is 0 Å². The molecule has 0 aliphatic heterocycles. The lowest BCUT2D eigenvalue weighted by Gasteiger charge is -2.07. The van der Waals surface area contributed by atoms with E-state index in [4.69, 9.17) is 0 Å². The Morgan fingerprint density at radius 2 is 1.89 bits per heavy atom. The van der Waals surface area contributed by atoms with Gasteiger partial charge in [0, 0.05) is 16.5 Å². The summed E-state index contributed by atoms with van der Waals surface area (Å²) in [5.74, 6) is -1.35. The molecule has 0 radical (unpaired) electrons. The van der Waals surface area contributed by atoms with E-state index in [9.17, 15) is 13.6 Å². The number of hydrogen-bond acceptors (Lipinski definition) is 1. The topological polar surface area (TPSA) is 17.1 Å². The van der Waals surface area contributed by atoms with Gasteiger partial charge < -0.3 is 0 Å². The summed E-state index contributed by atoms with van der Waals surface area (Å²) in [6.45, 7) is 1.81. The second-order valence-corrected chi connectivity index (χ2v) is 5.21. The van der Waals surface area contributed by atoms with Gasteiger partial charge in [-0.05, 0) is 48.4 Å². The third-order valence-electron chi connectivity index (χ3n) is 2.86. The van der Waals surface area contributed by atoms with Crippen molar-refractivity contribution in [3.63, 3.8) is 0 Å². The quantitative estimate of drug-likeness (QED) is 0.762. The average molecular weight is 325 g/mol. The number of hydrogen-bond donors (Lipinski definition) is 0. The Morgan fingerprint density at radius 1 is 1.16 bits per heavy atom. The van der Waals surface area contributed by atoms with Crippen LogP contribution >= 0.6 is 15.9 Å². The van der Waals surface area contributed by atoms with Gasteiger partial charge in [0.1, 0.15) is 11.6 Å². The van der Waals surface area contributed by atoms with Gasteiger partial charge in [-0.3, -0.25) is 4.79 Å². The van der Waals surface area contributed by atoms with Gasteiger partial charge >= 0.3 is 0 Å². The fourth-order valence-corrected chi connectivity index (χ4v) is 2.20. The summed E-state index contributed by atoms with van der Waals surface area (Å²) in [4.78, 5) is 12.1. The van der Waals surface area contributed by atoms with Gasteiger partial charge in [0.05, 0.1) is 0 Å². The standard InChI is InChI=1S/C15H11BrF2O/c1-9-2-3-11(16)8-13(9)15(19)7-10-6-12(17)4-5-14(10)18/h2-6,8H,7H2,1H3. The molecule has 0 atom stereocenters. The molecule has 0 spiro atoms. The van der Waals surface area contributed by atoms with Crippen LogP contribution in [-0.4, -0.2) is 5.78 Å². The van der Waals surface area contributed by atoms with Crippen LogP contribution in [-0.2, 0) is 6.42 Å². The van der Waals surface area contributed by atoms with Crippen LogP contribution in [0.3, 0.4) is 0 Å². The molecule has 2 aromatic rings. The number of aryl methyl sites for hydroxylation is 1. The van der Waals surface area contributed by atoms with Crippen LogP contribution in [0.5, 0.6) is 0 Å². The Labute approximate surface area is 118 Å². The van der Waals surface area contributed by atoms with Crippen LogP contribution in [0.1, 0.15) is 21.5 Å². The monoisotopic (exact) mass is 324 g/mol. The Balaban J connectivity index is 2.30. The molecule has 0 saturated carbocycles. The van der Waals surface area contributed by atoms with Crippen molar-refractivity contribution in [2.45, 2.75) is 13.3 Å². The molecular weight excluding hydrogens is 314 g/mol. The SMILES string of the molecule is Cc1ccc(Br)cc1C(=O)Cc1cc(F)ccc1F. The van der Waals surface area contributed by atoms with Crippen molar-refractivity contribution in [2.24, 2.45) is 0 Å². The van der Waals surface area contributed by atoms with Crippen LogP contribution < -0.4 is 0 Å². The van der Waals surface area contributed by atoms with E-state index in [1.54, 1.807) is 12.1 Å². The molecule has 1 nitrogen and oxygen atoms in total. The zero-order valence-electron chi connectivity index (χ0n) is 10.2. The smallest absolute Gasteiger partial charge is 0.167 e. The minimum Gasteiger partial charge on any atom is -0.294 e. The van der Waals surface area contributed by atoms with Crippen molar-refractivity contribution < 1.29 is 13.6 Å². The number of Topliss-reactive ketones (excluding diaryl/α,β-unsaturated/α-hetero) is 1. The Morgan fingerprint density at radius 3 is 2.63 bits per heavy atom. The fraction of sp³-hybridized carbons (Fsp3) is 0.133. The first-order valence-corrected chi connectivity index (χ1v) is 6.50. The highest BCUT2D eigenvalue weighted by molar-refractivity contribution is 9.10. The predicted molar refractivity (Wildman–Crippen MR) is 73.3 cm³/mol. The Hall–Kier alpha value is -1.55. The van der Waals surface area contributed by atoms with E-state index in [0.29, 0.717) is 5.56 Å². The molecule has 0 aliphatic rings. The summed E-state index contributed by atoms with van der Waals surface area (Å²) in [6, 6.07) is 8.45. The lowest BCUT2D eigenvalue weighted by Crippen LogP contribution is -2.07. The van der Waals surface area contributed by atoms with Crippen LogP contribution in [0.4, 0.5) is 8.78 Å². The summed E-state index contributed by atoms with van der Waals surface area (Å²) in [5.41, 5.74) is 1.40. The van der Waals surface area contributed by atoms with Crippen molar-refractivity contribution in [3.8, 4) is 0 Å². The van der Waals surface area contributed by atoms with Crippen LogP contribution in [0.2, 0.25) is 0 Å². The minimum atomic E-state index is -0.567. The summed E-state index contributed by atoms with van der Waals surface area (Å²) < 4.78 is 27.3. The molecule has 0 bridgehead atoms. The highest BCUT2D eigenvalue weighted by Gasteiger charge is 2.13.